The summed E-state index contributed by atoms with van der Waals surface area (Å²) in [5, 5.41) is 0. The van der Waals surface area contributed by atoms with E-state index < -0.39 is 0 Å². The molecule has 0 fully saturated rings. The average molecular weight is 260 g/mol. The maximum Gasteiger partial charge on any atom is 0.124 e. The van der Waals surface area contributed by atoms with Gasteiger partial charge in [0.05, 0.1) is 0 Å². The molecule has 0 heterocycles. The monoisotopic (exact) mass is 259 g/mol. The fourth-order valence-electron chi connectivity index (χ4n) is 1.17. The fraction of sp³-hybridized carbons (Fsp3) is 0.455. The lowest BCUT2D eigenvalue weighted by Crippen LogP contribution is -2.25. The molecular weight excluding hydrogens is 245 g/mol. The summed E-state index contributed by atoms with van der Waals surface area (Å²) in [6.07, 6.45) is 0. The Morgan fingerprint density at radius 3 is 2.50 bits per heavy atom. The molecule has 1 rings (SSSR count). The van der Waals surface area contributed by atoms with Crippen molar-refractivity contribution in [1.82, 2.24) is 4.90 Å². The number of hydrogen-bond donors (Lipinski definition) is 0. The van der Waals surface area contributed by atoms with Crippen molar-refractivity contribution in [2.24, 2.45) is 0 Å². The summed E-state index contributed by atoms with van der Waals surface area (Å²) >= 11 is 3.28. The molecule has 78 valence electrons. The lowest BCUT2D eigenvalue weighted by Gasteiger charge is -2.21. The third-order valence-electron chi connectivity index (χ3n) is 2.24. The van der Waals surface area contributed by atoms with E-state index in [1.807, 2.05) is 13.1 Å². The largest absolute Gasteiger partial charge is 0.300 e. The van der Waals surface area contributed by atoms with Crippen LogP contribution in [-0.4, -0.2) is 18.0 Å². The zero-order chi connectivity index (χ0) is 10.7. The van der Waals surface area contributed by atoms with Gasteiger partial charge in [0.25, 0.3) is 0 Å². The topological polar surface area (TPSA) is 3.24 Å². The van der Waals surface area contributed by atoms with E-state index in [9.17, 15) is 4.39 Å². The highest BCUT2D eigenvalue weighted by Crippen LogP contribution is 2.16. The highest BCUT2D eigenvalue weighted by atomic mass is 79.9. The maximum absolute atomic E-state index is 13.0. The lowest BCUT2D eigenvalue weighted by molar-refractivity contribution is 0.265. The molecule has 0 aliphatic heterocycles. The maximum atomic E-state index is 13.0. The van der Waals surface area contributed by atoms with Crippen molar-refractivity contribution in [1.29, 1.82) is 0 Å². The Hall–Kier alpha value is -0.410. The van der Waals surface area contributed by atoms with Crippen LogP contribution in [-0.2, 0) is 6.54 Å². The highest BCUT2D eigenvalue weighted by molar-refractivity contribution is 9.10. The molecule has 1 nitrogen and oxygen atoms in total. The zero-order valence-electron chi connectivity index (χ0n) is 8.72. The molecule has 0 radical (unpaired) electrons. The molecule has 0 N–H and O–H groups in total. The van der Waals surface area contributed by atoms with Gasteiger partial charge < -0.3 is 0 Å². The van der Waals surface area contributed by atoms with Gasteiger partial charge in [0.2, 0.25) is 0 Å². The number of hydrogen-bond acceptors (Lipinski definition) is 1. The van der Waals surface area contributed by atoms with Crippen LogP contribution in [0.4, 0.5) is 4.39 Å². The Labute approximate surface area is 93.0 Å². The van der Waals surface area contributed by atoms with E-state index in [2.05, 4.69) is 34.7 Å². The smallest absolute Gasteiger partial charge is 0.124 e. The van der Waals surface area contributed by atoms with Gasteiger partial charge in [-0.1, -0.05) is 15.9 Å². The molecule has 1 aromatic carbocycles. The average Bonchev–Trinajstić information content (AvgIpc) is 2.01. The minimum atomic E-state index is -0.188. The number of halogens is 2. The Morgan fingerprint density at radius 1 is 1.36 bits per heavy atom. The van der Waals surface area contributed by atoms with Crippen molar-refractivity contribution >= 4 is 15.9 Å². The van der Waals surface area contributed by atoms with Crippen LogP contribution < -0.4 is 0 Å². The summed E-state index contributed by atoms with van der Waals surface area (Å²) in [5.41, 5.74) is 0.994. The second kappa shape index (κ2) is 4.89. The van der Waals surface area contributed by atoms with Crippen LogP contribution in [0.25, 0.3) is 0 Å². The van der Waals surface area contributed by atoms with Crippen LogP contribution in [0.5, 0.6) is 0 Å². The summed E-state index contributed by atoms with van der Waals surface area (Å²) in [4.78, 5) is 2.17. The fourth-order valence-corrected chi connectivity index (χ4v) is 1.69. The molecule has 14 heavy (non-hydrogen) atoms. The van der Waals surface area contributed by atoms with E-state index in [0.717, 1.165) is 16.6 Å². The third kappa shape index (κ3) is 3.39. The van der Waals surface area contributed by atoms with Crippen LogP contribution in [0.1, 0.15) is 19.4 Å². The molecule has 0 aromatic heterocycles. The number of rotatable bonds is 3. The molecule has 0 saturated heterocycles. The van der Waals surface area contributed by atoms with Gasteiger partial charge in [-0.2, -0.15) is 0 Å². The molecule has 0 amide bonds. The zero-order valence-corrected chi connectivity index (χ0v) is 10.3. The minimum absolute atomic E-state index is 0.188. The van der Waals surface area contributed by atoms with Crippen molar-refractivity contribution in [3.05, 3.63) is 34.1 Å². The summed E-state index contributed by atoms with van der Waals surface area (Å²) in [6, 6.07) is 5.46. The van der Waals surface area contributed by atoms with Gasteiger partial charge in [-0.25, -0.2) is 4.39 Å². The normalized spacial score (nSPS) is 11.4. The van der Waals surface area contributed by atoms with Crippen molar-refractivity contribution in [2.75, 3.05) is 7.05 Å². The van der Waals surface area contributed by atoms with E-state index >= 15 is 0 Å². The minimum Gasteiger partial charge on any atom is -0.300 e. The summed E-state index contributed by atoms with van der Waals surface area (Å²) in [6.45, 7) is 5.01. The Kier molecular flexibility index (Phi) is 4.08. The third-order valence-corrected chi connectivity index (χ3v) is 2.69. The molecule has 0 atom stereocenters. The van der Waals surface area contributed by atoms with E-state index in [4.69, 9.17) is 0 Å². The second-order valence-corrected chi connectivity index (χ2v) is 4.70. The van der Waals surface area contributed by atoms with E-state index in [1.165, 1.54) is 6.07 Å². The standard InChI is InChI=1S/C11H15BrFN/c1-8(2)14(3)7-9-4-10(12)6-11(13)5-9/h4-6,8H,7H2,1-3H3. The van der Waals surface area contributed by atoms with Gasteiger partial charge in [-0.05, 0) is 44.7 Å². The SMILES string of the molecule is CC(C)N(C)Cc1cc(F)cc(Br)c1. The molecule has 0 bridgehead atoms. The van der Waals surface area contributed by atoms with Crippen molar-refractivity contribution in [2.45, 2.75) is 26.4 Å². The number of benzene rings is 1. The predicted molar refractivity (Wildman–Crippen MR) is 60.7 cm³/mol. The lowest BCUT2D eigenvalue weighted by atomic mass is 10.2. The summed E-state index contributed by atoms with van der Waals surface area (Å²) in [5.74, 6) is -0.188. The first kappa shape index (κ1) is 11.7. The van der Waals surface area contributed by atoms with Gasteiger partial charge >= 0.3 is 0 Å². The van der Waals surface area contributed by atoms with Crippen LogP contribution in [0.15, 0.2) is 22.7 Å². The molecular formula is C11H15BrFN. The van der Waals surface area contributed by atoms with Crippen molar-refractivity contribution in [3.63, 3.8) is 0 Å². The quantitative estimate of drug-likeness (QED) is 0.804. The molecule has 0 unspecified atom stereocenters. The van der Waals surface area contributed by atoms with Crippen molar-refractivity contribution < 1.29 is 4.39 Å². The molecule has 3 heteroatoms. The number of nitrogens with zero attached hydrogens (tertiary/aromatic N) is 1. The highest BCUT2D eigenvalue weighted by Gasteiger charge is 2.05. The molecule has 1 aromatic rings. The van der Waals surface area contributed by atoms with Gasteiger partial charge in [-0.3, -0.25) is 4.90 Å². The van der Waals surface area contributed by atoms with Crippen LogP contribution in [0.2, 0.25) is 0 Å². The van der Waals surface area contributed by atoms with Gasteiger partial charge in [0, 0.05) is 17.1 Å². The van der Waals surface area contributed by atoms with E-state index in [-0.39, 0.29) is 5.82 Å². The predicted octanol–water partition coefficient (Wildman–Crippen LogP) is 3.43. The van der Waals surface area contributed by atoms with Gasteiger partial charge in [0.15, 0.2) is 0 Å². The Bertz CT molecular complexity index is 292. The molecule has 0 spiro atoms. The summed E-state index contributed by atoms with van der Waals surface area (Å²) < 4.78 is 13.8. The van der Waals surface area contributed by atoms with Crippen LogP contribution in [0, 0.1) is 5.82 Å². The van der Waals surface area contributed by atoms with Gasteiger partial charge in [0.1, 0.15) is 5.82 Å². The van der Waals surface area contributed by atoms with Crippen molar-refractivity contribution in [3.8, 4) is 0 Å². The second-order valence-electron chi connectivity index (χ2n) is 3.79. The first-order valence-electron chi connectivity index (χ1n) is 4.64. The van der Waals surface area contributed by atoms with Crippen LogP contribution >= 0.6 is 15.9 Å². The first-order valence-corrected chi connectivity index (χ1v) is 5.43. The molecule has 0 aliphatic carbocycles. The van der Waals surface area contributed by atoms with E-state index in [1.54, 1.807) is 6.07 Å². The summed E-state index contributed by atoms with van der Waals surface area (Å²) in [7, 11) is 2.03. The first-order chi connectivity index (χ1) is 6.49. The Morgan fingerprint density at radius 2 is 2.00 bits per heavy atom. The van der Waals surface area contributed by atoms with Gasteiger partial charge in [-0.15, -0.1) is 0 Å². The van der Waals surface area contributed by atoms with E-state index in [0.29, 0.717) is 6.04 Å². The molecule has 0 aliphatic rings. The van der Waals surface area contributed by atoms with Crippen LogP contribution in [0.3, 0.4) is 0 Å². The molecule has 0 saturated carbocycles. The Balaban J connectivity index is 2.76.